The highest BCUT2D eigenvalue weighted by atomic mass is 19.1. The maximum absolute atomic E-state index is 13.0. The summed E-state index contributed by atoms with van der Waals surface area (Å²) in [5.74, 6) is -0.673. The quantitative estimate of drug-likeness (QED) is 0.694. The summed E-state index contributed by atoms with van der Waals surface area (Å²) in [5.41, 5.74) is 2.90. The van der Waals surface area contributed by atoms with E-state index in [1.807, 2.05) is 0 Å². The van der Waals surface area contributed by atoms with Crippen LogP contribution >= 0.6 is 0 Å². The van der Waals surface area contributed by atoms with Crippen LogP contribution in [0.25, 0.3) is 22.5 Å². The Hall–Kier alpha value is -3.06. The molecule has 3 rings (SSSR count). The largest absolute Gasteiger partial charge is 0.246 e. The van der Waals surface area contributed by atoms with Gasteiger partial charge in [0.25, 0.3) is 0 Å². The maximum Gasteiger partial charge on any atom is 0.123 e. The minimum Gasteiger partial charge on any atom is -0.246 e. The minimum absolute atomic E-state index is 0.323. The van der Waals surface area contributed by atoms with E-state index in [0.717, 1.165) is 5.56 Å². The van der Waals surface area contributed by atoms with Crippen molar-refractivity contribution in [1.29, 1.82) is 5.26 Å². The fraction of sp³-hybridized carbons (Fsp3) is 0. The van der Waals surface area contributed by atoms with E-state index in [4.69, 9.17) is 0 Å². The van der Waals surface area contributed by atoms with Crippen molar-refractivity contribution < 1.29 is 8.78 Å². The number of halogens is 2. The molecule has 0 fully saturated rings. The maximum atomic E-state index is 13.0. The minimum atomic E-state index is -0.350. The van der Waals surface area contributed by atoms with Gasteiger partial charge in [-0.05, 0) is 60.7 Å². The number of benzene rings is 2. The summed E-state index contributed by atoms with van der Waals surface area (Å²) in [6.07, 6.45) is 0. The first-order valence-corrected chi connectivity index (χ1v) is 6.60. The Bertz CT molecular complexity index is 848. The molecule has 0 saturated carbocycles. The SMILES string of the molecule is N#Cc1ccc(-c2ccc(F)cc2)nc1-c1ccc(F)cc1. The predicted molar refractivity (Wildman–Crippen MR) is 79.7 cm³/mol. The van der Waals surface area contributed by atoms with Crippen molar-refractivity contribution in [3.05, 3.63) is 77.9 Å². The van der Waals surface area contributed by atoms with E-state index in [1.165, 1.54) is 24.3 Å². The Kier molecular flexibility index (Phi) is 3.63. The molecule has 0 saturated heterocycles. The van der Waals surface area contributed by atoms with Crippen LogP contribution in [0, 0.1) is 23.0 Å². The van der Waals surface area contributed by atoms with Gasteiger partial charge in [0.1, 0.15) is 17.7 Å². The van der Waals surface area contributed by atoms with Crippen molar-refractivity contribution >= 4 is 0 Å². The zero-order valence-electron chi connectivity index (χ0n) is 11.4. The average Bonchev–Trinajstić information content (AvgIpc) is 2.56. The molecule has 0 unspecified atom stereocenters. The first-order chi connectivity index (χ1) is 10.7. The number of hydrogen-bond donors (Lipinski definition) is 0. The molecule has 0 bridgehead atoms. The Morgan fingerprint density at radius 3 is 1.82 bits per heavy atom. The van der Waals surface area contributed by atoms with Gasteiger partial charge in [-0.2, -0.15) is 5.26 Å². The summed E-state index contributed by atoms with van der Waals surface area (Å²) in [4.78, 5) is 4.48. The molecule has 2 nitrogen and oxygen atoms in total. The zero-order chi connectivity index (χ0) is 15.5. The van der Waals surface area contributed by atoms with Crippen LogP contribution < -0.4 is 0 Å². The van der Waals surface area contributed by atoms with Gasteiger partial charge in [-0.25, -0.2) is 13.8 Å². The lowest BCUT2D eigenvalue weighted by Crippen LogP contribution is -1.93. The first-order valence-electron chi connectivity index (χ1n) is 6.60. The summed E-state index contributed by atoms with van der Waals surface area (Å²) in [7, 11) is 0. The highest BCUT2D eigenvalue weighted by Crippen LogP contribution is 2.26. The van der Waals surface area contributed by atoms with Crippen LogP contribution in [0.4, 0.5) is 8.78 Å². The number of aromatic nitrogens is 1. The third kappa shape index (κ3) is 2.70. The van der Waals surface area contributed by atoms with Gasteiger partial charge in [0, 0.05) is 11.1 Å². The molecule has 3 aromatic rings. The van der Waals surface area contributed by atoms with Gasteiger partial charge in [-0.1, -0.05) is 0 Å². The van der Waals surface area contributed by atoms with Crippen LogP contribution in [0.15, 0.2) is 60.7 Å². The van der Waals surface area contributed by atoms with Gasteiger partial charge < -0.3 is 0 Å². The summed E-state index contributed by atoms with van der Waals surface area (Å²) < 4.78 is 26.1. The Morgan fingerprint density at radius 2 is 1.27 bits per heavy atom. The van der Waals surface area contributed by atoms with Crippen LogP contribution in [-0.2, 0) is 0 Å². The summed E-state index contributed by atoms with van der Waals surface area (Å²) in [6, 6.07) is 17.2. The van der Waals surface area contributed by atoms with E-state index >= 15 is 0 Å². The van der Waals surface area contributed by atoms with E-state index in [2.05, 4.69) is 11.1 Å². The summed E-state index contributed by atoms with van der Waals surface area (Å²) >= 11 is 0. The summed E-state index contributed by atoms with van der Waals surface area (Å²) in [6.45, 7) is 0. The molecule has 0 aliphatic rings. The molecular weight excluding hydrogens is 282 g/mol. The van der Waals surface area contributed by atoms with Crippen molar-refractivity contribution in [2.45, 2.75) is 0 Å². The lowest BCUT2D eigenvalue weighted by atomic mass is 10.0. The van der Waals surface area contributed by atoms with Crippen molar-refractivity contribution in [1.82, 2.24) is 4.98 Å². The average molecular weight is 292 g/mol. The highest BCUT2D eigenvalue weighted by Gasteiger charge is 2.10. The highest BCUT2D eigenvalue weighted by molar-refractivity contribution is 5.71. The lowest BCUT2D eigenvalue weighted by molar-refractivity contribution is 0.627. The molecule has 1 aromatic heterocycles. The topological polar surface area (TPSA) is 36.7 Å². The van der Waals surface area contributed by atoms with Crippen LogP contribution in [0.3, 0.4) is 0 Å². The second-order valence-electron chi connectivity index (χ2n) is 4.72. The van der Waals surface area contributed by atoms with Gasteiger partial charge >= 0.3 is 0 Å². The molecule has 2 aromatic carbocycles. The number of hydrogen-bond acceptors (Lipinski definition) is 2. The van der Waals surface area contributed by atoms with E-state index in [0.29, 0.717) is 22.5 Å². The van der Waals surface area contributed by atoms with E-state index in [9.17, 15) is 14.0 Å². The van der Waals surface area contributed by atoms with Crippen LogP contribution in [0.1, 0.15) is 5.56 Å². The van der Waals surface area contributed by atoms with E-state index in [1.54, 1.807) is 36.4 Å². The third-order valence-corrected chi connectivity index (χ3v) is 3.27. The standard InChI is InChI=1S/C18H10F2N2/c19-15-6-1-12(2-7-15)17-10-5-14(11-21)18(22-17)13-3-8-16(20)9-4-13/h1-10H. The van der Waals surface area contributed by atoms with Gasteiger partial charge in [0.2, 0.25) is 0 Å². The van der Waals surface area contributed by atoms with Crippen LogP contribution in [0.2, 0.25) is 0 Å². The molecule has 0 spiro atoms. The van der Waals surface area contributed by atoms with Gasteiger partial charge in [0.15, 0.2) is 0 Å². The smallest absolute Gasteiger partial charge is 0.123 e. The Morgan fingerprint density at radius 1 is 0.727 bits per heavy atom. The lowest BCUT2D eigenvalue weighted by Gasteiger charge is -2.07. The number of nitriles is 1. The van der Waals surface area contributed by atoms with E-state index in [-0.39, 0.29) is 11.6 Å². The van der Waals surface area contributed by atoms with Gasteiger partial charge in [0.05, 0.1) is 17.0 Å². The van der Waals surface area contributed by atoms with Crippen molar-refractivity contribution in [3.63, 3.8) is 0 Å². The fourth-order valence-corrected chi connectivity index (χ4v) is 2.16. The van der Waals surface area contributed by atoms with Crippen LogP contribution in [-0.4, -0.2) is 4.98 Å². The van der Waals surface area contributed by atoms with Crippen molar-refractivity contribution in [2.75, 3.05) is 0 Å². The molecule has 4 heteroatoms. The fourth-order valence-electron chi connectivity index (χ4n) is 2.16. The first kappa shape index (κ1) is 13.9. The second kappa shape index (κ2) is 5.74. The molecule has 0 N–H and O–H groups in total. The molecule has 0 amide bonds. The molecule has 106 valence electrons. The molecule has 0 aliphatic carbocycles. The monoisotopic (exact) mass is 292 g/mol. The Labute approximate surface area is 126 Å². The molecule has 1 heterocycles. The van der Waals surface area contributed by atoms with Crippen molar-refractivity contribution in [2.24, 2.45) is 0 Å². The predicted octanol–water partition coefficient (Wildman–Crippen LogP) is 4.57. The third-order valence-electron chi connectivity index (χ3n) is 3.27. The normalized spacial score (nSPS) is 10.2. The number of pyridine rings is 1. The van der Waals surface area contributed by atoms with E-state index < -0.39 is 0 Å². The molecule has 0 atom stereocenters. The van der Waals surface area contributed by atoms with Gasteiger partial charge in [-0.3, -0.25) is 0 Å². The number of nitrogens with zero attached hydrogens (tertiary/aromatic N) is 2. The Balaban J connectivity index is 2.12. The molecule has 22 heavy (non-hydrogen) atoms. The van der Waals surface area contributed by atoms with Gasteiger partial charge in [-0.15, -0.1) is 0 Å². The molecule has 0 aliphatic heterocycles. The molecule has 0 radical (unpaired) electrons. The zero-order valence-corrected chi connectivity index (χ0v) is 11.4. The second-order valence-corrected chi connectivity index (χ2v) is 4.72. The molecular formula is C18H10F2N2. The number of rotatable bonds is 2. The van der Waals surface area contributed by atoms with Crippen LogP contribution in [0.5, 0.6) is 0 Å². The summed E-state index contributed by atoms with van der Waals surface area (Å²) in [5, 5.41) is 9.22. The van der Waals surface area contributed by atoms with Crippen molar-refractivity contribution in [3.8, 4) is 28.6 Å².